The van der Waals surface area contributed by atoms with Gasteiger partial charge in [-0.1, -0.05) is 32.6 Å². The summed E-state index contributed by atoms with van der Waals surface area (Å²) in [5.41, 5.74) is 0. The molecule has 0 heterocycles. The fraction of sp³-hybridized carbons (Fsp3) is 0.857. The Morgan fingerprint density at radius 3 is 2.21 bits per heavy atom. The molecule has 5 nitrogen and oxygen atoms in total. The van der Waals surface area contributed by atoms with Crippen molar-refractivity contribution in [1.82, 2.24) is 5.32 Å². The van der Waals surface area contributed by atoms with Crippen LogP contribution in [0.15, 0.2) is 0 Å². The molecule has 0 radical (unpaired) electrons. The topological polar surface area (TPSA) is 86.6 Å². The monoisotopic (exact) mass is 273 g/mol. The minimum Gasteiger partial charge on any atom is -0.481 e. The minimum atomic E-state index is -0.786. The van der Waals surface area contributed by atoms with Gasteiger partial charge in [0.2, 0.25) is 0 Å². The molecular formula is C14H27NO4. The van der Waals surface area contributed by atoms with Gasteiger partial charge in [-0.3, -0.25) is 9.59 Å². The summed E-state index contributed by atoms with van der Waals surface area (Å²) < 4.78 is 0. The highest BCUT2D eigenvalue weighted by Gasteiger charge is 2.15. The standard InChI is InChI=1S/C8H14O2.C6H13NO2/c9-8(10)6-7-4-2-1-3-5-7;1-2-3-4-7-5-6(8)9/h7H,1-6H2,(H,9,10);7H,2-5H2,1H3,(H,8,9). The molecule has 0 aliphatic heterocycles. The van der Waals surface area contributed by atoms with E-state index in [0.29, 0.717) is 12.3 Å². The maximum absolute atomic E-state index is 10.3. The van der Waals surface area contributed by atoms with Crippen LogP contribution in [0.4, 0.5) is 0 Å². The van der Waals surface area contributed by atoms with Gasteiger partial charge in [-0.2, -0.15) is 0 Å². The molecule has 1 saturated carbocycles. The Morgan fingerprint density at radius 1 is 1.11 bits per heavy atom. The predicted octanol–water partition coefficient (Wildman–Crippen LogP) is 2.50. The lowest BCUT2D eigenvalue weighted by Gasteiger charge is -2.18. The molecule has 1 aliphatic carbocycles. The van der Waals surface area contributed by atoms with E-state index in [-0.39, 0.29) is 6.54 Å². The van der Waals surface area contributed by atoms with Crippen LogP contribution in [0.2, 0.25) is 0 Å². The van der Waals surface area contributed by atoms with Gasteiger partial charge in [0.15, 0.2) is 0 Å². The Bertz CT molecular complexity index is 250. The van der Waals surface area contributed by atoms with Crippen molar-refractivity contribution in [2.45, 2.75) is 58.3 Å². The first-order valence-corrected chi connectivity index (χ1v) is 7.20. The average molecular weight is 273 g/mol. The molecule has 0 amide bonds. The van der Waals surface area contributed by atoms with Crippen LogP contribution in [0.3, 0.4) is 0 Å². The van der Waals surface area contributed by atoms with Crippen LogP contribution in [-0.4, -0.2) is 35.2 Å². The first-order valence-electron chi connectivity index (χ1n) is 7.20. The van der Waals surface area contributed by atoms with Crippen LogP contribution in [0.5, 0.6) is 0 Å². The molecule has 112 valence electrons. The zero-order chi connectivity index (χ0) is 14.5. The number of carboxylic acids is 2. The Kier molecular flexibility index (Phi) is 11.3. The lowest BCUT2D eigenvalue weighted by Crippen LogP contribution is -2.23. The van der Waals surface area contributed by atoms with Crippen molar-refractivity contribution in [3.63, 3.8) is 0 Å². The van der Waals surface area contributed by atoms with Gasteiger partial charge < -0.3 is 15.5 Å². The lowest BCUT2D eigenvalue weighted by atomic mass is 9.87. The first-order chi connectivity index (χ1) is 9.06. The van der Waals surface area contributed by atoms with E-state index in [0.717, 1.165) is 32.2 Å². The van der Waals surface area contributed by atoms with Crippen LogP contribution in [0, 0.1) is 5.92 Å². The maximum atomic E-state index is 10.3. The van der Waals surface area contributed by atoms with Gasteiger partial charge in [0.25, 0.3) is 0 Å². The van der Waals surface area contributed by atoms with E-state index < -0.39 is 11.9 Å². The predicted molar refractivity (Wildman–Crippen MR) is 74.2 cm³/mol. The summed E-state index contributed by atoms with van der Waals surface area (Å²) in [5.74, 6) is -0.941. The zero-order valence-corrected chi connectivity index (χ0v) is 11.9. The summed E-state index contributed by atoms with van der Waals surface area (Å²) in [7, 11) is 0. The molecule has 1 rings (SSSR count). The van der Waals surface area contributed by atoms with Crippen molar-refractivity contribution >= 4 is 11.9 Å². The Balaban J connectivity index is 0.000000344. The van der Waals surface area contributed by atoms with E-state index in [4.69, 9.17) is 10.2 Å². The average Bonchev–Trinajstić information content (AvgIpc) is 2.36. The highest BCUT2D eigenvalue weighted by molar-refractivity contribution is 5.69. The van der Waals surface area contributed by atoms with Crippen LogP contribution in [0.25, 0.3) is 0 Å². The molecular weight excluding hydrogens is 246 g/mol. The molecule has 0 saturated heterocycles. The number of carboxylic acid groups (broad SMARTS) is 2. The molecule has 0 aromatic carbocycles. The highest BCUT2D eigenvalue weighted by Crippen LogP contribution is 2.25. The third-order valence-electron chi connectivity index (χ3n) is 3.17. The number of aliphatic carboxylic acids is 2. The second-order valence-corrected chi connectivity index (χ2v) is 5.03. The van der Waals surface area contributed by atoms with Gasteiger partial charge in [-0.25, -0.2) is 0 Å². The van der Waals surface area contributed by atoms with E-state index in [1.165, 1.54) is 19.3 Å². The van der Waals surface area contributed by atoms with E-state index in [9.17, 15) is 9.59 Å². The lowest BCUT2D eigenvalue weighted by molar-refractivity contribution is -0.138. The van der Waals surface area contributed by atoms with Crippen molar-refractivity contribution in [3.05, 3.63) is 0 Å². The number of nitrogens with one attached hydrogen (secondary N) is 1. The van der Waals surface area contributed by atoms with Crippen molar-refractivity contribution in [2.75, 3.05) is 13.1 Å². The van der Waals surface area contributed by atoms with Crippen molar-refractivity contribution in [3.8, 4) is 0 Å². The summed E-state index contributed by atoms with van der Waals surface area (Å²) in [6.07, 6.45) is 8.57. The van der Waals surface area contributed by atoms with Gasteiger partial charge in [0.1, 0.15) is 0 Å². The van der Waals surface area contributed by atoms with Crippen LogP contribution in [0.1, 0.15) is 58.3 Å². The van der Waals surface area contributed by atoms with Crippen LogP contribution >= 0.6 is 0 Å². The summed E-state index contributed by atoms with van der Waals surface area (Å²) in [4.78, 5) is 20.2. The molecule has 3 N–H and O–H groups in total. The normalized spacial score (nSPS) is 15.4. The highest BCUT2D eigenvalue weighted by atomic mass is 16.4. The molecule has 1 fully saturated rings. The molecule has 0 aromatic rings. The van der Waals surface area contributed by atoms with Crippen molar-refractivity contribution in [2.24, 2.45) is 5.92 Å². The minimum absolute atomic E-state index is 0.0833. The van der Waals surface area contributed by atoms with E-state index in [2.05, 4.69) is 12.2 Å². The largest absolute Gasteiger partial charge is 0.481 e. The second kappa shape index (κ2) is 12.0. The van der Waals surface area contributed by atoms with Gasteiger partial charge >= 0.3 is 11.9 Å². The summed E-state index contributed by atoms with van der Waals surface area (Å²) in [5, 5.41) is 19.4. The zero-order valence-electron chi connectivity index (χ0n) is 11.9. The SMILES string of the molecule is CCCCNCC(=O)O.O=C(O)CC1CCCCC1. The molecule has 0 unspecified atom stereocenters. The van der Waals surface area contributed by atoms with Gasteiger partial charge in [0, 0.05) is 6.42 Å². The summed E-state index contributed by atoms with van der Waals surface area (Å²) in [6, 6.07) is 0. The molecule has 1 aliphatic rings. The van der Waals surface area contributed by atoms with E-state index >= 15 is 0 Å². The summed E-state index contributed by atoms with van der Waals surface area (Å²) >= 11 is 0. The maximum Gasteiger partial charge on any atom is 0.317 e. The quantitative estimate of drug-likeness (QED) is 0.620. The molecule has 0 aromatic heterocycles. The van der Waals surface area contributed by atoms with Gasteiger partial charge in [-0.05, 0) is 31.7 Å². The number of carbonyl (C=O) groups is 2. The Labute approximate surface area is 115 Å². The fourth-order valence-electron chi connectivity index (χ4n) is 2.14. The third-order valence-corrected chi connectivity index (χ3v) is 3.17. The molecule has 5 heteroatoms. The smallest absolute Gasteiger partial charge is 0.317 e. The van der Waals surface area contributed by atoms with Crippen molar-refractivity contribution < 1.29 is 19.8 Å². The molecule has 0 atom stereocenters. The van der Waals surface area contributed by atoms with Gasteiger partial charge in [0.05, 0.1) is 6.54 Å². The fourth-order valence-corrected chi connectivity index (χ4v) is 2.14. The molecule has 0 bridgehead atoms. The third kappa shape index (κ3) is 13.1. The number of hydrogen-bond acceptors (Lipinski definition) is 3. The number of rotatable bonds is 7. The van der Waals surface area contributed by atoms with E-state index in [1.54, 1.807) is 0 Å². The summed E-state index contributed by atoms with van der Waals surface area (Å²) in [6.45, 7) is 2.96. The van der Waals surface area contributed by atoms with Crippen LogP contribution < -0.4 is 5.32 Å². The molecule has 0 spiro atoms. The second-order valence-electron chi connectivity index (χ2n) is 5.03. The first kappa shape index (κ1) is 17.9. The van der Waals surface area contributed by atoms with Gasteiger partial charge in [-0.15, -0.1) is 0 Å². The van der Waals surface area contributed by atoms with E-state index in [1.807, 2.05) is 0 Å². The Morgan fingerprint density at radius 2 is 1.74 bits per heavy atom. The Hall–Kier alpha value is -1.10. The van der Waals surface area contributed by atoms with Crippen molar-refractivity contribution in [1.29, 1.82) is 0 Å². The number of hydrogen-bond donors (Lipinski definition) is 3. The molecule has 19 heavy (non-hydrogen) atoms. The van der Waals surface area contributed by atoms with Crippen LogP contribution in [-0.2, 0) is 9.59 Å². The number of unbranched alkanes of at least 4 members (excludes halogenated alkanes) is 1.